The number of aliphatic hydroxyl groups excluding tert-OH is 2. The smallest absolute Gasteiger partial charge is 0.151 e. The van der Waals surface area contributed by atoms with Crippen molar-refractivity contribution in [2.24, 2.45) is 0 Å². The van der Waals surface area contributed by atoms with Crippen LogP contribution < -0.4 is 0 Å². The molecule has 0 fully saturated rings. The van der Waals surface area contributed by atoms with Crippen molar-refractivity contribution >= 4 is 6.29 Å². The Labute approximate surface area is 73.7 Å². The molecule has 0 aromatic heterocycles. The van der Waals surface area contributed by atoms with Crippen LogP contribution in [0.1, 0.15) is 2.74 Å². The molecule has 0 aliphatic rings. The predicted molar refractivity (Wildman–Crippen MR) is 40.8 cm³/mol. The lowest BCUT2D eigenvalue weighted by atomic mass is 10.1. The summed E-state index contributed by atoms with van der Waals surface area (Å²) in [6.07, 6.45) is -3.18. The molecule has 0 heterocycles. The quantitative estimate of drug-likeness (QED) is 0.490. The summed E-state index contributed by atoms with van der Waals surface area (Å²) in [5, 5.41) is 17.9. The van der Waals surface area contributed by atoms with E-state index in [0.29, 0.717) is 6.29 Å². The number of carbonyl (C=O) groups is 1. The Morgan fingerprint density at radius 1 is 1.58 bits per heavy atom. The van der Waals surface area contributed by atoms with E-state index < -0.39 is 39.1 Å². The van der Waals surface area contributed by atoms with Gasteiger partial charge >= 0.3 is 0 Å². The van der Waals surface area contributed by atoms with Crippen LogP contribution in [0.4, 0.5) is 0 Å². The highest BCUT2D eigenvalue weighted by Crippen LogP contribution is 2.05. The normalized spacial score (nSPS) is 20.5. The predicted octanol–water partition coefficient (Wildman–Crippen LogP) is -1.43. The zero-order valence-electron chi connectivity index (χ0n) is 8.55. The van der Waals surface area contributed by atoms with Crippen LogP contribution in [0.3, 0.4) is 0 Å². The van der Waals surface area contributed by atoms with Crippen LogP contribution in [0.5, 0.6) is 0 Å². The first-order valence-electron chi connectivity index (χ1n) is 4.68. The Bertz CT molecular complexity index is 157. The molecule has 0 unspecified atom stereocenters. The van der Waals surface area contributed by atoms with Crippen LogP contribution in [0.2, 0.25) is 0 Å². The highest BCUT2D eigenvalue weighted by atomic mass is 16.5. The maximum Gasteiger partial charge on any atom is 0.151 e. The highest BCUT2D eigenvalue weighted by molar-refractivity contribution is 5.57. The van der Waals surface area contributed by atoms with Gasteiger partial charge < -0.3 is 24.5 Å². The second-order valence-electron chi connectivity index (χ2n) is 2.15. The summed E-state index contributed by atoms with van der Waals surface area (Å²) in [6.45, 7) is -0.601. The van der Waals surface area contributed by atoms with Gasteiger partial charge in [0.15, 0.2) is 6.29 Å². The molecule has 0 radical (unpaired) electrons. The fourth-order valence-electron chi connectivity index (χ4n) is 0.740. The van der Waals surface area contributed by atoms with Crippen molar-refractivity contribution in [2.45, 2.75) is 18.3 Å². The fourth-order valence-corrected chi connectivity index (χ4v) is 0.740. The Morgan fingerprint density at radius 2 is 2.25 bits per heavy atom. The molecule has 5 nitrogen and oxygen atoms in total. The van der Waals surface area contributed by atoms with Crippen molar-refractivity contribution < 1.29 is 27.2 Å². The SMILES string of the molecule is [2H]CO[C@@H]([C@H](O)CO)[C@H](C=O)OC[2H]. The molecule has 72 valence electrons. The topological polar surface area (TPSA) is 76.0 Å². The Balaban J connectivity index is 4.33. The third-order valence-electron chi connectivity index (χ3n) is 1.41. The molecule has 5 heteroatoms. The molecule has 0 amide bonds. The van der Waals surface area contributed by atoms with Crippen molar-refractivity contribution in [3.8, 4) is 0 Å². The van der Waals surface area contributed by atoms with E-state index in [4.69, 9.17) is 12.6 Å². The number of rotatable bonds is 6. The Kier molecular flexibility index (Phi) is 4.11. The van der Waals surface area contributed by atoms with Gasteiger partial charge in [-0.2, -0.15) is 0 Å². The Hall–Kier alpha value is -0.490. The fraction of sp³-hybridized carbons (Fsp3) is 0.857. The first-order chi connectivity index (χ1) is 6.71. The van der Waals surface area contributed by atoms with Gasteiger partial charge in [-0.3, -0.25) is 0 Å². The minimum Gasteiger partial charge on any atom is -0.394 e. The van der Waals surface area contributed by atoms with E-state index >= 15 is 0 Å². The summed E-state index contributed by atoms with van der Waals surface area (Å²) >= 11 is 0. The summed E-state index contributed by atoms with van der Waals surface area (Å²) in [5.74, 6) is 0. The van der Waals surface area contributed by atoms with Crippen molar-refractivity contribution in [3.05, 3.63) is 0 Å². The molecule has 0 aliphatic heterocycles. The van der Waals surface area contributed by atoms with E-state index in [9.17, 15) is 9.90 Å². The second-order valence-corrected chi connectivity index (χ2v) is 2.15. The van der Waals surface area contributed by atoms with Crippen molar-refractivity contribution in [3.63, 3.8) is 0 Å². The van der Waals surface area contributed by atoms with Crippen LogP contribution >= 0.6 is 0 Å². The van der Waals surface area contributed by atoms with E-state index in [1.165, 1.54) is 0 Å². The number of aliphatic hydroxyl groups is 2. The number of carbonyl (C=O) groups excluding carboxylic acids is 1. The molecular weight excluding hydrogens is 164 g/mol. The zero-order valence-corrected chi connectivity index (χ0v) is 6.55. The summed E-state index contributed by atoms with van der Waals surface area (Å²) in [4.78, 5) is 10.5. The van der Waals surface area contributed by atoms with Crippen LogP contribution in [0.25, 0.3) is 0 Å². The van der Waals surface area contributed by atoms with E-state index in [1.807, 2.05) is 0 Å². The van der Waals surface area contributed by atoms with Gasteiger partial charge in [0.2, 0.25) is 0 Å². The minimum absolute atomic E-state index is 0.369. The molecule has 2 N–H and O–H groups in total. The van der Waals surface area contributed by atoms with Crippen LogP contribution in [0.15, 0.2) is 0 Å². The first kappa shape index (κ1) is 8.12. The van der Waals surface area contributed by atoms with Gasteiger partial charge in [0.25, 0.3) is 0 Å². The molecule has 0 aromatic rings. The number of hydrogen-bond acceptors (Lipinski definition) is 5. The van der Waals surface area contributed by atoms with Gasteiger partial charge in [-0.15, -0.1) is 0 Å². The molecule has 0 saturated carbocycles. The van der Waals surface area contributed by atoms with Gasteiger partial charge in [0, 0.05) is 14.2 Å². The molecule has 0 spiro atoms. The molecule has 0 rings (SSSR count). The molecule has 0 aliphatic carbocycles. The second kappa shape index (κ2) is 6.07. The molecule has 0 saturated heterocycles. The lowest BCUT2D eigenvalue weighted by Crippen LogP contribution is -2.42. The lowest BCUT2D eigenvalue weighted by molar-refractivity contribution is -0.136. The summed E-state index contributed by atoms with van der Waals surface area (Å²) in [7, 11) is -0.924. The highest BCUT2D eigenvalue weighted by Gasteiger charge is 2.27. The van der Waals surface area contributed by atoms with Gasteiger partial charge in [0.1, 0.15) is 18.3 Å². The van der Waals surface area contributed by atoms with E-state index in [2.05, 4.69) is 4.74 Å². The molecule has 0 bridgehead atoms. The average molecular weight is 180 g/mol. The number of hydrogen-bond donors (Lipinski definition) is 2. The minimum atomic E-state index is -1.30. The van der Waals surface area contributed by atoms with Gasteiger partial charge in [0.05, 0.1) is 9.35 Å². The number of methoxy groups -OCH3 is 2. The number of ether oxygens (including phenoxy) is 2. The van der Waals surface area contributed by atoms with E-state index in [1.54, 1.807) is 0 Å². The van der Waals surface area contributed by atoms with Crippen molar-refractivity contribution in [1.82, 2.24) is 0 Å². The van der Waals surface area contributed by atoms with Crippen molar-refractivity contribution in [1.29, 1.82) is 0 Å². The van der Waals surface area contributed by atoms with E-state index in [-0.39, 0.29) is 0 Å². The third-order valence-corrected chi connectivity index (χ3v) is 1.41. The summed E-state index contributed by atoms with van der Waals surface area (Å²) in [6, 6.07) is 0. The maximum absolute atomic E-state index is 10.5. The zero-order chi connectivity index (χ0) is 11.0. The summed E-state index contributed by atoms with van der Waals surface area (Å²) in [5.41, 5.74) is 0. The molecule has 12 heavy (non-hydrogen) atoms. The van der Waals surface area contributed by atoms with Gasteiger partial charge in [-0.05, 0) is 0 Å². The molecule has 3 atom stereocenters. The lowest BCUT2D eigenvalue weighted by Gasteiger charge is -2.23. The molecular formula is C7H14O5. The largest absolute Gasteiger partial charge is 0.394 e. The van der Waals surface area contributed by atoms with Gasteiger partial charge in [-0.1, -0.05) is 0 Å². The first-order valence-corrected chi connectivity index (χ1v) is 3.27. The summed E-state index contributed by atoms with van der Waals surface area (Å²) < 4.78 is 22.9. The maximum atomic E-state index is 10.5. The average Bonchev–Trinajstić information content (AvgIpc) is 2.22. The number of aldehydes is 1. The standard InChI is InChI=1S/C7H14O5/c1-11-6(4-9)7(12-2)5(10)3-8/h4-8,10H,3H2,1-2H3/t5-,6+,7+/m1/s1/i1D,2D. The van der Waals surface area contributed by atoms with Crippen LogP contribution in [-0.4, -0.2) is 55.6 Å². The van der Waals surface area contributed by atoms with Crippen molar-refractivity contribution in [2.75, 3.05) is 20.8 Å². The third kappa shape index (κ3) is 2.86. The van der Waals surface area contributed by atoms with E-state index in [0.717, 1.165) is 0 Å². The monoisotopic (exact) mass is 180 g/mol. The Morgan fingerprint density at radius 3 is 2.67 bits per heavy atom. The van der Waals surface area contributed by atoms with Gasteiger partial charge in [-0.25, -0.2) is 0 Å². The van der Waals surface area contributed by atoms with Crippen LogP contribution in [-0.2, 0) is 14.3 Å². The molecule has 0 aromatic carbocycles. The van der Waals surface area contributed by atoms with Crippen LogP contribution in [0, 0.1) is 0 Å².